The molecule has 0 bridgehead atoms. The number of phenolic OH excluding ortho intramolecular Hbond substituents is 1. The minimum atomic E-state index is 0.0523. The molecule has 0 saturated carbocycles. The third-order valence-corrected chi connectivity index (χ3v) is 4.58. The molecule has 2 N–H and O–H groups in total. The summed E-state index contributed by atoms with van der Waals surface area (Å²) >= 11 is 0. The Hall–Kier alpha value is -1.55. The number of hydrogen-bond acceptors (Lipinski definition) is 3. The average Bonchev–Trinajstić information content (AvgIpc) is 3.10. The molecule has 2 atom stereocenters. The standard InChI is InChI=1S/C16H22N2O2/c1-11-6-7-12(10-15(11)19)16(20)18-9-3-5-14(18)13-4-2-8-17-13/h6-7,10,13-14,17,19H,2-5,8-9H2,1H3. The molecule has 4 nitrogen and oxygen atoms in total. The van der Waals surface area contributed by atoms with E-state index in [9.17, 15) is 9.90 Å². The molecule has 2 aliphatic rings. The Morgan fingerprint density at radius 2 is 2.20 bits per heavy atom. The van der Waals surface area contributed by atoms with E-state index in [2.05, 4.69) is 5.32 Å². The lowest BCUT2D eigenvalue weighted by Crippen LogP contribution is -2.46. The minimum absolute atomic E-state index is 0.0523. The van der Waals surface area contributed by atoms with Crippen LogP contribution in [0.15, 0.2) is 18.2 Å². The van der Waals surface area contributed by atoms with Gasteiger partial charge < -0.3 is 15.3 Å². The normalized spacial score (nSPS) is 26.1. The fourth-order valence-electron chi connectivity index (χ4n) is 3.41. The SMILES string of the molecule is Cc1ccc(C(=O)N2CCCC2C2CCCN2)cc1O. The van der Waals surface area contributed by atoms with Gasteiger partial charge in [-0.25, -0.2) is 0 Å². The molecule has 0 radical (unpaired) electrons. The molecule has 1 aromatic carbocycles. The summed E-state index contributed by atoms with van der Waals surface area (Å²) in [6, 6.07) is 5.97. The summed E-state index contributed by atoms with van der Waals surface area (Å²) < 4.78 is 0. The van der Waals surface area contributed by atoms with Crippen molar-refractivity contribution in [3.8, 4) is 5.75 Å². The Morgan fingerprint density at radius 1 is 1.35 bits per heavy atom. The molecular formula is C16H22N2O2. The Morgan fingerprint density at radius 3 is 2.90 bits per heavy atom. The average molecular weight is 274 g/mol. The van der Waals surface area contributed by atoms with Crippen LogP contribution in [-0.4, -0.2) is 41.1 Å². The van der Waals surface area contributed by atoms with E-state index in [0.29, 0.717) is 17.6 Å². The second-order valence-electron chi connectivity index (χ2n) is 5.91. The van der Waals surface area contributed by atoms with Crippen molar-refractivity contribution in [1.29, 1.82) is 0 Å². The number of amides is 1. The highest BCUT2D eigenvalue weighted by molar-refractivity contribution is 5.95. The summed E-state index contributed by atoms with van der Waals surface area (Å²) in [7, 11) is 0. The van der Waals surface area contributed by atoms with Gasteiger partial charge in [0.1, 0.15) is 5.75 Å². The van der Waals surface area contributed by atoms with Crippen LogP contribution in [0.4, 0.5) is 0 Å². The van der Waals surface area contributed by atoms with E-state index in [1.807, 2.05) is 24.0 Å². The second-order valence-corrected chi connectivity index (χ2v) is 5.91. The van der Waals surface area contributed by atoms with Crippen LogP contribution in [0.1, 0.15) is 41.6 Å². The first-order chi connectivity index (χ1) is 9.66. The van der Waals surface area contributed by atoms with E-state index >= 15 is 0 Å². The maximum absolute atomic E-state index is 12.7. The van der Waals surface area contributed by atoms with Crippen molar-refractivity contribution in [2.45, 2.75) is 44.7 Å². The van der Waals surface area contributed by atoms with Crippen LogP contribution >= 0.6 is 0 Å². The van der Waals surface area contributed by atoms with Crippen LogP contribution in [0.2, 0.25) is 0 Å². The molecule has 0 aromatic heterocycles. The van der Waals surface area contributed by atoms with Crippen molar-refractivity contribution < 1.29 is 9.90 Å². The fraction of sp³-hybridized carbons (Fsp3) is 0.562. The zero-order chi connectivity index (χ0) is 14.1. The number of phenols is 1. The number of rotatable bonds is 2. The first kappa shape index (κ1) is 13.4. The number of nitrogens with one attached hydrogen (secondary N) is 1. The lowest BCUT2D eigenvalue weighted by molar-refractivity contribution is 0.0711. The molecule has 20 heavy (non-hydrogen) atoms. The largest absolute Gasteiger partial charge is 0.508 e. The molecule has 2 unspecified atom stereocenters. The number of likely N-dealkylation sites (tertiary alicyclic amines) is 1. The summed E-state index contributed by atoms with van der Waals surface area (Å²) in [6.45, 7) is 3.73. The van der Waals surface area contributed by atoms with Crippen molar-refractivity contribution in [3.05, 3.63) is 29.3 Å². The fourth-order valence-corrected chi connectivity index (χ4v) is 3.41. The van der Waals surface area contributed by atoms with Gasteiger partial charge in [-0.05, 0) is 56.8 Å². The zero-order valence-corrected chi connectivity index (χ0v) is 11.9. The molecular weight excluding hydrogens is 252 g/mol. The van der Waals surface area contributed by atoms with E-state index in [0.717, 1.165) is 37.9 Å². The highest BCUT2D eigenvalue weighted by Gasteiger charge is 2.36. The van der Waals surface area contributed by atoms with Crippen LogP contribution in [0.25, 0.3) is 0 Å². The van der Waals surface area contributed by atoms with Gasteiger partial charge in [-0.3, -0.25) is 4.79 Å². The predicted octanol–water partition coefficient (Wildman–Crippen LogP) is 2.06. The molecule has 2 fully saturated rings. The van der Waals surface area contributed by atoms with Gasteiger partial charge in [0.2, 0.25) is 0 Å². The lowest BCUT2D eigenvalue weighted by atomic mass is 10.0. The highest BCUT2D eigenvalue weighted by Crippen LogP contribution is 2.27. The zero-order valence-electron chi connectivity index (χ0n) is 11.9. The molecule has 1 amide bonds. The summed E-state index contributed by atoms with van der Waals surface area (Å²) in [5.41, 5.74) is 1.40. The molecule has 3 rings (SSSR count). The van der Waals surface area contributed by atoms with E-state index in [-0.39, 0.29) is 11.7 Å². The van der Waals surface area contributed by atoms with Gasteiger partial charge in [0.15, 0.2) is 0 Å². The summed E-state index contributed by atoms with van der Waals surface area (Å²) in [5, 5.41) is 13.3. The van der Waals surface area contributed by atoms with Gasteiger partial charge in [-0.2, -0.15) is 0 Å². The lowest BCUT2D eigenvalue weighted by Gasteiger charge is -2.29. The van der Waals surface area contributed by atoms with E-state index in [1.54, 1.807) is 6.07 Å². The van der Waals surface area contributed by atoms with Gasteiger partial charge in [0.05, 0.1) is 0 Å². The van der Waals surface area contributed by atoms with Gasteiger partial charge in [0.25, 0.3) is 5.91 Å². The van der Waals surface area contributed by atoms with Crippen LogP contribution in [0, 0.1) is 6.92 Å². The Balaban J connectivity index is 1.79. The molecule has 0 spiro atoms. The van der Waals surface area contributed by atoms with Crippen LogP contribution in [0.3, 0.4) is 0 Å². The Labute approximate surface area is 119 Å². The topological polar surface area (TPSA) is 52.6 Å². The van der Waals surface area contributed by atoms with Crippen molar-refractivity contribution in [3.63, 3.8) is 0 Å². The maximum atomic E-state index is 12.7. The van der Waals surface area contributed by atoms with Crippen molar-refractivity contribution >= 4 is 5.91 Å². The Kier molecular flexibility index (Phi) is 3.66. The molecule has 2 saturated heterocycles. The number of aromatic hydroxyl groups is 1. The smallest absolute Gasteiger partial charge is 0.254 e. The number of nitrogens with zero attached hydrogens (tertiary/aromatic N) is 1. The van der Waals surface area contributed by atoms with Crippen molar-refractivity contribution in [1.82, 2.24) is 10.2 Å². The predicted molar refractivity (Wildman–Crippen MR) is 77.9 cm³/mol. The third-order valence-electron chi connectivity index (χ3n) is 4.58. The first-order valence-corrected chi connectivity index (χ1v) is 7.51. The number of carbonyl (C=O) groups excluding carboxylic acids is 1. The maximum Gasteiger partial charge on any atom is 0.254 e. The minimum Gasteiger partial charge on any atom is -0.508 e. The monoisotopic (exact) mass is 274 g/mol. The van der Waals surface area contributed by atoms with Crippen LogP contribution in [0.5, 0.6) is 5.75 Å². The van der Waals surface area contributed by atoms with Crippen LogP contribution in [-0.2, 0) is 0 Å². The number of hydrogen-bond donors (Lipinski definition) is 2. The highest BCUT2D eigenvalue weighted by atomic mass is 16.3. The van der Waals surface area contributed by atoms with E-state index < -0.39 is 0 Å². The summed E-state index contributed by atoms with van der Waals surface area (Å²) in [4.78, 5) is 14.7. The van der Waals surface area contributed by atoms with Crippen LogP contribution < -0.4 is 5.32 Å². The molecule has 1 aromatic rings. The van der Waals surface area contributed by atoms with E-state index in [1.165, 1.54) is 6.42 Å². The summed E-state index contributed by atoms with van der Waals surface area (Å²) in [5.74, 6) is 0.252. The number of carbonyl (C=O) groups is 1. The van der Waals surface area contributed by atoms with Gasteiger partial charge in [0, 0.05) is 24.2 Å². The molecule has 2 aliphatic heterocycles. The number of benzene rings is 1. The van der Waals surface area contributed by atoms with E-state index in [4.69, 9.17) is 0 Å². The quantitative estimate of drug-likeness (QED) is 0.868. The molecule has 108 valence electrons. The van der Waals surface area contributed by atoms with Gasteiger partial charge in [-0.15, -0.1) is 0 Å². The molecule has 4 heteroatoms. The van der Waals surface area contributed by atoms with Gasteiger partial charge >= 0.3 is 0 Å². The second kappa shape index (κ2) is 5.44. The number of aryl methyl sites for hydroxylation is 1. The Bertz CT molecular complexity index is 509. The first-order valence-electron chi connectivity index (χ1n) is 7.51. The van der Waals surface area contributed by atoms with Crippen molar-refractivity contribution in [2.75, 3.05) is 13.1 Å². The van der Waals surface area contributed by atoms with Gasteiger partial charge in [-0.1, -0.05) is 6.07 Å². The van der Waals surface area contributed by atoms with Crippen molar-refractivity contribution in [2.24, 2.45) is 0 Å². The third kappa shape index (κ3) is 2.40. The molecule has 0 aliphatic carbocycles. The molecule has 2 heterocycles. The summed E-state index contributed by atoms with van der Waals surface area (Å²) in [6.07, 6.45) is 4.52.